The topological polar surface area (TPSA) is 44.5 Å². The SMILES string of the molecule is COc1ccc(CC(N)c2cccc3c2OCC3)cc1. The average Bonchev–Trinajstić information content (AvgIpc) is 2.96. The summed E-state index contributed by atoms with van der Waals surface area (Å²) in [5.41, 5.74) is 9.94. The van der Waals surface area contributed by atoms with Gasteiger partial charge in [-0.1, -0.05) is 30.3 Å². The summed E-state index contributed by atoms with van der Waals surface area (Å²) in [6.45, 7) is 0.765. The molecule has 0 amide bonds. The standard InChI is InChI=1S/C17H19NO2/c1-19-14-7-5-12(6-8-14)11-16(18)15-4-2-3-13-9-10-20-17(13)15/h2-8,16H,9-11,18H2,1H3. The van der Waals surface area contributed by atoms with E-state index in [9.17, 15) is 0 Å². The third-order valence-electron chi connectivity index (χ3n) is 3.76. The summed E-state index contributed by atoms with van der Waals surface area (Å²) in [6, 6.07) is 14.3. The van der Waals surface area contributed by atoms with Crippen LogP contribution in [0.4, 0.5) is 0 Å². The van der Waals surface area contributed by atoms with Crippen molar-refractivity contribution < 1.29 is 9.47 Å². The smallest absolute Gasteiger partial charge is 0.127 e. The van der Waals surface area contributed by atoms with E-state index in [1.807, 2.05) is 12.1 Å². The van der Waals surface area contributed by atoms with Gasteiger partial charge in [0.05, 0.1) is 13.7 Å². The number of methoxy groups -OCH3 is 1. The van der Waals surface area contributed by atoms with Crippen molar-refractivity contribution in [2.45, 2.75) is 18.9 Å². The lowest BCUT2D eigenvalue weighted by Crippen LogP contribution is -2.14. The van der Waals surface area contributed by atoms with E-state index in [1.165, 1.54) is 11.1 Å². The molecule has 3 rings (SSSR count). The van der Waals surface area contributed by atoms with E-state index in [-0.39, 0.29) is 6.04 Å². The van der Waals surface area contributed by atoms with E-state index >= 15 is 0 Å². The van der Waals surface area contributed by atoms with Gasteiger partial charge in [-0.25, -0.2) is 0 Å². The number of ether oxygens (including phenoxy) is 2. The molecule has 1 unspecified atom stereocenters. The zero-order valence-electron chi connectivity index (χ0n) is 11.6. The molecule has 2 aromatic rings. The van der Waals surface area contributed by atoms with Gasteiger partial charge in [0, 0.05) is 18.0 Å². The first-order chi connectivity index (χ1) is 9.78. The number of hydrogen-bond acceptors (Lipinski definition) is 3. The van der Waals surface area contributed by atoms with Crippen molar-refractivity contribution >= 4 is 0 Å². The molecule has 2 aromatic carbocycles. The summed E-state index contributed by atoms with van der Waals surface area (Å²) in [6.07, 6.45) is 1.78. The molecule has 0 aliphatic carbocycles. The number of benzene rings is 2. The molecule has 3 heteroatoms. The van der Waals surface area contributed by atoms with Crippen molar-refractivity contribution in [1.82, 2.24) is 0 Å². The molecule has 1 atom stereocenters. The summed E-state index contributed by atoms with van der Waals surface area (Å²) < 4.78 is 10.9. The Kier molecular flexibility index (Phi) is 3.61. The number of fused-ring (bicyclic) bond motifs is 1. The van der Waals surface area contributed by atoms with Crippen molar-refractivity contribution in [1.29, 1.82) is 0 Å². The fourth-order valence-electron chi connectivity index (χ4n) is 2.66. The second-order valence-electron chi connectivity index (χ2n) is 5.09. The van der Waals surface area contributed by atoms with E-state index in [1.54, 1.807) is 7.11 Å². The molecule has 2 N–H and O–H groups in total. The summed E-state index contributed by atoms with van der Waals surface area (Å²) in [5, 5.41) is 0. The van der Waals surface area contributed by atoms with Crippen LogP contribution in [0.5, 0.6) is 11.5 Å². The van der Waals surface area contributed by atoms with Gasteiger partial charge in [0.25, 0.3) is 0 Å². The highest BCUT2D eigenvalue weighted by atomic mass is 16.5. The van der Waals surface area contributed by atoms with Crippen LogP contribution in [-0.2, 0) is 12.8 Å². The first kappa shape index (κ1) is 13.0. The molecule has 0 aromatic heterocycles. The Hall–Kier alpha value is -2.00. The normalized spacial score (nSPS) is 14.5. The van der Waals surface area contributed by atoms with Crippen molar-refractivity contribution in [3.63, 3.8) is 0 Å². The van der Waals surface area contributed by atoms with E-state index in [0.717, 1.165) is 36.5 Å². The molecule has 0 radical (unpaired) electrons. The Labute approximate surface area is 119 Å². The highest BCUT2D eigenvalue weighted by Crippen LogP contribution is 2.33. The van der Waals surface area contributed by atoms with Crippen LogP contribution >= 0.6 is 0 Å². The van der Waals surface area contributed by atoms with Crippen LogP contribution in [0.15, 0.2) is 42.5 Å². The zero-order valence-corrected chi connectivity index (χ0v) is 11.6. The molecule has 0 saturated carbocycles. The van der Waals surface area contributed by atoms with Gasteiger partial charge in [0.15, 0.2) is 0 Å². The predicted molar refractivity (Wildman–Crippen MR) is 79.3 cm³/mol. The first-order valence-electron chi connectivity index (χ1n) is 6.91. The molecule has 1 heterocycles. The van der Waals surface area contributed by atoms with Crippen LogP contribution in [0.2, 0.25) is 0 Å². The van der Waals surface area contributed by atoms with Crippen molar-refractivity contribution in [2.24, 2.45) is 5.73 Å². The Balaban J connectivity index is 1.79. The molecule has 20 heavy (non-hydrogen) atoms. The van der Waals surface area contributed by atoms with Crippen LogP contribution in [0.3, 0.4) is 0 Å². The summed E-state index contributed by atoms with van der Waals surface area (Å²) in [7, 11) is 1.67. The van der Waals surface area contributed by atoms with Crippen molar-refractivity contribution in [3.8, 4) is 11.5 Å². The van der Waals surface area contributed by atoms with Crippen LogP contribution in [0, 0.1) is 0 Å². The lowest BCUT2D eigenvalue weighted by Gasteiger charge is -2.15. The summed E-state index contributed by atoms with van der Waals surface area (Å²) >= 11 is 0. The number of nitrogens with two attached hydrogens (primary N) is 1. The summed E-state index contributed by atoms with van der Waals surface area (Å²) in [4.78, 5) is 0. The van der Waals surface area contributed by atoms with Gasteiger partial charge in [0.2, 0.25) is 0 Å². The molecule has 104 valence electrons. The highest BCUT2D eigenvalue weighted by molar-refractivity contribution is 5.46. The van der Waals surface area contributed by atoms with Gasteiger partial charge >= 0.3 is 0 Å². The fraction of sp³-hybridized carbons (Fsp3) is 0.294. The summed E-state index contributed by atoms with van der Waals surface area (Å²) in [5.74, 6) is 1.86. The minimum atomic E-state index is -0.0450. The van der Waals surface area contributed by atoms with E-state index < -0.39 is 0 Å². The van der Waals surface area contributed by atoms with Gasteiger partial charge in [-0.2, -0.15) is 0 Å². The predicted octanol–water partition coefficient (Wildman–Crippen LogP) is 2.87. The zero-order chi connectivity index (χ0) is 13.9. The molecular formula is C17H19NO2. The second-order valence-corrected chi connectivity index (χ2v) is 5.09. The Bertz CT molecular complexity index is 592. The van der Waals surface area contributed by atoms with Gasteiger partial charge in [-0.05, 0) is 29.7 Å². The van der Waals surface area contributed by atoms with Crippen LogP contribution in [0.25, 0.3) is 0 Å². The maximum absolute atomic E-state index is 6.36. The van der Waals surface area contributed by atoms with Gasteiger partial charge in [-0.15, -0.1) is 0 Å². The van der Waals surface area contributed by atoms with Crippen molar-refractivity contribution in [3.05, 3.63) is 59.2 Å². The van der Waals surface area contributed by atoms with Gasteiger partial charge in [0.1, 0.15) is 11.5 Å². The molecule has 0 bridgehead atoms. The Morgan fingerprint density at radius 1 is 1.20 bits per heavy atom. The lowest BCUT2D eigenvalue weighted by atomic mass is 9.97. The van der Waals surface area contributed by atoms with E-state index in [4.69, 9.17) is 15.2 Å². The third-order valence-corrected chi connectivity index (χ3v) is 3.76. The first-order valence-corrected chi connectivity index (χ1v) is 6.91. The number of rotatable bonds is 4. The maximum Gasteiger partial charge on any atom is 0.127 e. The van der Waals surface area contributed by atoms with Crippen LogP contribution in [-0.4, -0.2) is 13.7 Å². The third kappa shape index (κ3) is 2.49. The van der Waals surface area contributed by atoms with Gasteiger partial charge in [-0.3, -0.25) is 0 Å². The minimum Gasteiger partial charge on any atom is -0.497 e. The van der Waals surface area contributed by atoms with Crippen molar-refractivity contribution in [2.75, 3.05) is 13.7 Å². The second kappa shape index (κ2) is 5.55. The van der Waals surface area contributed by atoms with E-state index in [0.29, 0.717) is 0 Å². The minimum absolute atomic E-state index is 0.0450. The fourth-order valence-corrected chi connectivity index (χ4v) is 2.66. The van der Waals surface area contributed by atoms with Crippen LogP contribution in [0.1, 0.15) is 22.7 Å². The van der Waals surface area contributed by atoms with Gasteiger partial charge < -0.3 is 15.2 Å². The molecule has 1 aliphatic heterocycles. The molecule has 0 saturated heterocycles. The lowest BCUT2D eigenvalue weighted by molar-refractivity contribution is 0.351. The van der Waals surface area contributed by atoms with Crippen LogP contribution < -0.4 is 15.2 Å². The average molecular weight is 269 g/mol. The quantitative estimate of drug-likeness (QED) is 0.928. The monoisotopic (exact) mass is 269 g/mol. The van der Waals surface area contributed by atoms with E-state index in [2.05, 4.69) is 30.3 Å². The molecule has 1 aliphatic rings. The molecule has 0 fully saturated rings. The molecular weight excluding hydrogens is 250 g/mol. The number of hydrogen-bond donors (Lipinski definition) is 1. The molecule has 3 nitrogen and oxygen atoms in total. The Morgan fingerprint density at radius 2 is 2.00 bits per heavy atom. The highest BCUT2D eigenvalue weighted by Gasteiger charge is 2.19. The molecule has 0 spiro atoms. The number of para-hydroxylation sites is 1. The largest absolute Gasteiger partial charge is 0.497 e. The maximum atomic E-state index is 6.36. The Morgan fingerprint density at radius 3 is 2.75 bits per heavy atom.